The van der Waals surface area contributed by atoms with Crippen LogP contribution in [0.5, 0.6) is 0 Å². The van der Waals surface area contributed by atoms with E-state index < -0.39 is 6.10 Å². The number of carbonyl (C=O) groups excluding carboxylic acids is 3. The van der Waals surface area contributed by atoms with Crippen LogP contribution in [-0.4, -0.2) is 37.2 Å². The molecule has 0 fully saturated rings. The van der Waals surface area contributed by atoms with Crippen molar-refractivity contribution in [3.8, 4) is 0 Å². The molecule has 0 rings (SSSR count). The third kappa shape index (κ3) is 67.2. The van der Waals surface area contributed by atoms with Crippen molar-refractivity contribution in [1.29, 1.82) is 0 Å². The molecule has 0 N–H and O–H groups in total. The van der Waals surface area contributed by atoms with Gasteiger partial charge in [0.05, 0.1) is 0 Å². The highest BCUT2D eigenvalue weighted by molar-refractivity contribution is 5.71. The molecule has 0 amide bonds. The summed E-state index contributed by atoms with van der Waals surface area (Å²) in [5.74, 6) is -0.829. The van der Waals surface area contributed by atoms with Gasteiger partial charge in [0, 0.05) is 19.3 Å². The highest BCUT2D eigenvalue weighted by atomic mass is 16.6. The normalized spacial score (nSPS) is 11.9. The number of hydrogen-bond acceptors (Lipinski definition) is 6. The summed E-state index contributed by atoms with van der Waals surface area (Å²) in [4.78, 5) is 38.2. The minimum atomic E-state index is -0.762. The molecule has 0 radical (unpaired) electrons. The van der Waals surface area contributed by atoms with Crippen LogP contribution in [0, 0.1) is 0 Å². The maximum atomic E-state index is 12.9. The van der Waals surface area contributed by atoms with Crippen molar-refractivity contribution in [2.24, 2.45) is 0 Å². The van der Waals surface area contributed by atoms with E-state index in [1.165, 1.54) is 340 Å². The van der Waals surface area contributed by atoms with Crippen LogP contribution in [0.15, 0.2) is 0 Å². The average molecular weight is 1130 g/mol. The van der Waals surface area contributed by atoms with Crippen LogP contribution in [-0.2, 0) is 28.6 Å². The predicted octanol–water partition coefficient (Wildman–Crippen LogP) is 25.4. The van der Waals surface area contributed by atoms with Gasteiger partial charge in [-0.25, -0.2) is 0 Å². The zero-order valence-corrected chi connectivity index (χ0v) is 54.9. The first kappa shape index (κ1) is 78.4. The van der Waals surface area contributed by atoms with E-state index >= 15 is 0 Å². The van der Waals surface area contributed by atoms with Gasteiger partial charge in [0.15, 0.2) is 6.10 Å². The molecule has 0 aromatic carbocycles. The van der Waals surface area contributed by atoms with Gasteiger partial charge in [-0.15, -0.1) is 0 Å². The smallest absolute Gasteiger partial charge is 0.306 e. The van der Waals surface area contributed by atoms with Gasteiger partial charge in [-0.2, -0.15) is 0 Å². The van der Waals surface area contributed by atoms with Crippen LogP contribution in [0.3, 0.4) is 0 Å². The second kappa shape index (κ2) is 69.9. The van der Waals surface area contributed by atoms with Crippen molar-refractivity contribution in [3.05, 3.63) is 0 Å². The lowest BCUT2D eigenvalue weighted by molar-refractivity contribution is -0.167. The molecular weight excluding hydrogens is 985 g/mol. The van der Waals surface area contributed by atoms with Gasteiger partial charge in [0.25, 0.3) is 0 Å². The summed E-state index contributed by atoms with van der Waals surface area (Å²) < 4.78 is 16.9. The first-order valence-corrected chi connectivity index (χ1v) is 37.0. The molecule has 0 aromatic heterocycles. The summed E-state index contributed by atoms with van der Waals surface area (Å²) in [6.07, 6.45) is 83.3. The number of unbranched alkanes of at least 4 members (excludes halogenated alkanes) is 59. The average Bonchev–Trinajstić information content (AvgIpc) is 3.46. The minimum absolute atomic E-state index is 0.0610. The summed E-state index contributed by atoms with van der Waals surface area (Å²) in [6.45, 7) is 6.71. The molecule has 0 heterocycles. The van der Waals surface area contributed by atoms with Gasteiger partial charge in [0.2, 0.25) is 0 Å². The van der Waals surface area contributed by atoms with Crippen LogP contribution in [0.2, 0.25) is 0 Å². The van der Waals surface area contributed by atoms with E-state index in [1.807, 2.05) is 0 Å². The highest BCUT2D eigenvalue weighted by Crippen LogP contribution is 2.20. The number of esters is 3. The van der Waals surface area contributed by atoms with Gasteiger partial charge >= 0.3 is 17.9 Å². The molecule has 80 heavy (non-hydrogen) atoms. The molecule has 1 atom stereocenters. The summed E-state index contributed by atoms with van der Waals surface area (Å²) in [6, 6.07) is 0. The zero-order chi connectivity index (χ0) is 57.8. The molecule has 476 valence electrons. The van der Waals surface area contributed by atoms with Gasteiger partial charge in [-0.3, -0.25) is 14.4 Å². The maximum absolute atomic E-state index is 12.9. The molecule has 0 aliphatic heterocycles. The maximum Gasteiger partial charge on any atom is 0.306 e. The molecule has 0 aliphatic carbocycles. The van der Waals surface area contributed by atoms with E-state index in [2.05, 4.69) is 20.8 Å². The molecule has 0 bridgehead atoms. The fraction of sp³-hybridized carbons (Fsp3) is 0.959. The topological polar surface area (TPSA) is 78.9 Å². The Morgan fingerprint density at radius 2 is 0.338 bits per heavy atom. The first-order chi connectivity index (χ1) is 39.5. The van der Waals surface area contributed by atoms with E-state index in [1.54, 1.807) is 0 Å². The monoisotopic (exact) mass is 1130 g/mol. The Labute approximate surface area is 501 Å². The van der Waals surface area contributed by atoms with E-state index in [0.29, 0.717) is 19.3 Å². The third-order valence-electron chi connectivity index (χ3n) is 17.4. The van der Waals surface area contributed by atoms with E-state index in [-0.39, 0.29) is 31.1 Å². The summed E-state index contributed by atoms with van der Waals surface area (Å²) >= 11 is 0. The largest absolute Gasteiger partial charge is 0.462 e. The molecule has 0 aromatic rings. The second-order valence-electron chi connectivity index (χ2n) is 25.6. The van der Waals surface area contributed by atoms with Crippen LogP contribution < -0.4 is 0 Å². The summed E-state index contributed by atoms with van der Waals surface area (Å²) in [7, 11) is 0. The number of hydrogen-bond donors (Lipinski definition) is 0. The summed E-state index contributed by atoms with van der Waals surface area (Å²) in [5.41, 5.74) is 0. The van der Waals surface area contributed by atoms with Crippen LogP contribution in [0.25, 0.3) is 0 Å². The quantitative estimate of drug-likeness (QED) is 0.0343. The van der Waals surface area contributed by atoms with Gasteiger partial charge < -0.3 is 14.2 Å². The van der Waals surface area contributed by atoms with Crippen LogP contribution >= 0.6 is 0 Å². The number of rotatable bonds is 70. The third-order valence-corrected chi connectivity index (χ3v) is 17.4. The number of ether oxygens (including phenoxy) is 3. The number of carbonyl (C=O) groups is 3. The Bertz CT molecular complexity index is 1200. The van der Waals surface area contributed by atoms with Crippen molar-refractivity contribution in [2.45, 2.75) is 444 Å². The molecule has 6 heteroatoms. The van der Waals surface area contributed by atoms with Crippen molar-refractivity contribution >= 4 is 17.9 Å². The summed E-state index contributed by atoms with van der Waals surface area (Å²) in [5, 5.41) is 0. The lowest BCUT2D eigenvalue weighted by Gasteiger charge is -2.18. The lowest BCUT2D eigenvalue weighted by atomic mass is 10.0. The Morgan fingerprint density at radius 1 is 0.200 bits per heavy atom. The molecule has 6 nitrogen and oxygen atoms in total. The molecule has 0 saturated carbocycles. The van der Waals surface area contributed by atoms with Crippen molar-refractivity contribution in [2.75, 3.05) is 13.2 Å². The van der Waals surface area contributed by atoms with Crippen molar-refractivity contribution in [1.82, 2.24) is 0 Å². The fourth-order valence-electron chi connectivity index (χ4n) is 11.8. The Morgan fingerprint density at radius 3 is 0.500 bits per heavy atom. The first-order valence-electron chi connectivity index (χ1n) is 37.0. The molecule has 0 aliphatic rings. The molecule has 0 spiro atoms. The second-order valence-corrected chi connectivity index (χ2v) is 25.6. The zero-order valence-electron chi connectivity index (χ0n) is 54.9. The fourth-order valence-corrected chi connectivity index (χ4v) is 11.8. The van der Waals surface area contributed by atoms with Crippen LogP contribution in [0.4, 0.5) is 0 Å². The predicted molar refractivity (Wildman–Crippen MR) is 349 cm³/mol. The standard InChI is InChI=1S/C74H144O6/c1-4-7-10-13-16-19-21-23-25-27-29-31-32-33-34-35-36-37-38-39-40-41-42-43-44-46-47-49-51-53-55-58-61-64-67-73(76)79-70-71(69-78-72(75)66-63-60-57-18-15-12-9-6-3)80-74(77)68-65-62-59-56-54-52-50-48-45-30-28-26-24-22-20-17-14-11-8-5-2/h71H,4-70H2,1-3H3. The highest BCUT2D eigenvalue weighted by Gasteiger charge is 2.20. The van der Waals surface area contributed by atoms with Crippen LogP contribution in [0.1, 0.15) is 438 Å². The Balaban J connectivity index is 3.94. The molecular formula is C74H144O6. The Hall–Kier alpha value is -1.59. The van der Waals surface area contributed by atoms with Gasteiger partial charge in [-0.1, -0.05) is 400 Å². The molecule has 1 unspecified atom stereocenters. The van der Waals surface area contributed by atoms with Crippen molar-refractivity contribution < 1.29 is 28.6 Å². The lowest BCUT2D eigenvalue weighted by Crippen LogP contribution is -2.30. The van der Waals surface area contributed by atoms with E-state index in [9.17, 15) is 14.4 Å². The van der Waals surface area contributed by atoms with Crippen molar-refractivity contribution in [3.63, 3.8) is 0 Å². The Kier molecular flexibility index (Phi) is 68.5. The minimum Gasteiger partial charge on any atom is -0.462 e. The van der Waals surface area contributed by atoms with Gasteiger partial charge in [-0.05, 0) is 19.3 Å². The van der Waals surface area contributed by atoms with E-state index in [0.717, 1.165) is 57.8 Å². The van der Waals surface area contributed by atoms with E-state index in [4.69, 9.17) is 14.2 Å². The SMILES string of the molecule is CCCCCCCCCCCCCCCCCCCCCCCCCCCCCCCCCCCCC(=O)OCC(COC(=O)CCCCCCCCCC)OC(=O)CCCCCCCCCCCCCCCCCCCCCC. The molecule has 0 saturated heterocycles. The van der Waals surface area contributed by atoms with Gasteiger partial charge in [0.1, 0.15) is 13.2 Å².